The molecule has 0 radical (unpaired) electrons. The van der Waals surface area contributed by atoms with Crippen LogP contribution >= 0.6 is 0 Å². The third-order valence-electron chi connectivity index (χ3n) is 3.35. The fourth-order valence-corrected chi connectivity index (χ4v) is 2.37. The van der Waals surface area contributed by atoms with Crippen molar-refractivity contribution in [2.24, 2.45) is 11.7 Å². The van der Waals surface area contributed by atoms with Gasteiger partial charge in [0.05, 0.1) is 6.07 Å². The van der Waals surface area contributed by atoms with Crippen molar-refractivity contribution < 1.29 is 0 Å². The zero-order valence-corrected chi connectivity index (χ0v) is 8.76. The van der Waals surface area contributed by atoms with Crippen LogP contribution in [-0.2, 0) is 6.54 Å². The van der Waals surface area contributed by atoms with Gasteiger partial charge in [0.25, 0.3) is 0 Å². The quantitative estimate of drug-likeness (QED) is 0.806. The van der Waals surface area contributed by atoms with Crippen molar-refractivity contribution in [1.82, 2.24) is 9.78 Å². The topological polar surface area (TPSA) is 67.6 Å². The molecule has 0 bridgehead atoms. The molecule has 1 aromatic rings. The van der Waals surface area contributed by atoms with Crippen LogP contribution in [0.3, 0.4) is 0 Å². The molecule has 4 nitrogen and oxygen atoms in total. The Morgan fingerprint density at radius 3 is 3.20 bits per heavy atom. The molecule has 4 heteroatoms. The molecule has 2 N–H and O–H groups in total. The second-order valence-electron chi connectivity index (χ2n) is 4.30. The van der Waals surface area contributed by atoms with Gasteiger partial charge in [0, 0.05) is 18.9 Å². The summed E-state index contributed by atoms with van der Waals surface area (Å²) in [7, 11) is 0. The molecule has 0 spiro atoms. The van der Waals surface area contributed by atoms with E-state index < -0.39 is 5.54 Å². The van der Waals surface area contributed by atoms with E-state index in [2.05, 4.69) is 11.2 Å². The number of rotatable bonds is 3. The summed E-state index contributed by atoms with van der Waals surface area (Å²) in [6, 6.07) is 4.18. The van der Waals surface area contributed by atoms with Crippen LogP contribution in [0.2, 0.25) is 0 Å². The zero-order chi connectivity index (χ0) is 10.7. The molecule has 2 rings (SSSR count). The first-order valence-corrected chi connectivity index (χ1v) is 5.42. The van der Waals surface area contributed by atoms with E-state index >= 15 is 0 Å². The van der Waals surface area contributed by atoms with E-state index in [9.17, 15) is 0 Å². The van der Waals surface area contributed by atoms with Crippen LogP contribution in [-0.4, -0.2) is 15.3 Å². The summed E-state index contributed by atoms with van der Waals surface area (Å²) in [4.78, 5) is 0. The smallest absolute Gasteiger partial charge is 0.107 e. The maximum atomic E-state index is 9.06. The van der Waals surface area contributed by atoms with Gasteiger partial charge in [0.15, 0.2) is 0 Å². The van der Waals surface area contributed by atoms with Crippen molar-refractivity contribution in [2.75, 3.05) is 0 Å². The molecule has 0 aliphatic heterocycles. The Hall–Kier alpha value is -1.34. The van der Waals surface area contributed by atoms with E-state index in [4.69, 9.17) is 11.0 Å². The van der Waals surface area contributed by atoms with Gasteiger partial charge in [0.2, 0.25) is 0 Å². The van der Waals surface area contributed by atoms with Crippen LogP contribution in [0.1, 0.15) is 25.7 Å². The SMILES string of the molecule is N#CC1(N)CCCC1CCn1cccn1. The van der Waals surface area contributed by atoms with Gasteiger partial charge in [-0.1, -0.05) is 6.42 Å². The number of aryl methyl sites for hydroxylation is 1. The van der Waals surface area contributed by atoms with Crippen molar-refractivity contribution in [1.29, 1.82) is 5.26 Å². The Morgan fingerprint density at radius 1 is 1.67 bits per heavy atom. The molecular weight excluding hydrogens is 188 g/mol. The van der Waals surface area contributed by atoms with E-state index in [0.29, 0.717) is 5.92 Å². The van der Waals surface area contributed by atoms with E-state index in [0.717, 1.165) is 32.2 Å². The Kier molecular flexibility index (Phi) is 2.74. The van der Waals surface area contributed by atoms with Gasteiger partial charge in [-0.05, 0) is 31.2 Å². The summed E-state index contributed by atoms with van der Waals surface area (Å²) >= 11 is 0. The van der Waals surface area contributed by atoms with Gasteiger partial charge in [-0.2, -0.15) is 10.4 Å². The number of aromatic nitrogens is 2. The molecule has 0 saturated heterocycles. The Morgan fingerprint density at radius 2 is 2.53 bits per heavy atom. The number of nitrogens with two attached hydrogens (primary N) is 1. The fourth-order valence-electron chi connectivity index (χ4n) is 2.37. The highest BCUT2D eigenvalue weighted by Gasteiger charge is 2.39. The second kappa shape index (κ2) is 4.03. The molecule has 1 saturated carbocycles. The highest BCUT2D eigenvalue weighted by Crippen LogP contribution is 2.35. The van der Waals surface area contributed by atoms with E-state index in [1.165, 1.54) is 0 Å². The lowest BCUT2D eigenvalue weighted by Crippen LogP contribution is -2.42. The summed E-state index contributed by atoms with van der Waals surface area (Å²) in [5, 5.41) is 13.2. The minimum atomic E-state index is -0.590. The van der Waals surface area contributed by atoms with Crippen molar-refractivity contribution in [3.8, 4) is 6.07 Å². The van der Waals surface area contributed by atoms with Crippen molar-refractivity contribution in [3.63, 3.8) is 0 Å². The van der Waals surface area contributed by atoms with Crippen LogP contribution < -0.4 is 5.73 Å². The van der Waals surface area contributed by atoms with Gasteiger partial charge < -0.3 is 5.73 Å². The Bertz CT molecular complexity index is 351. The van der Waals surface area contributed by atoms with Crippen LogP contribution in [0, 0.1) is 17.2 Å². The first-order valence-electron chi connectivity index (χ1n) is 5.42. The van der Waals surface area contributed by atoms with E-state index in [1.807, 2.05) is 16.9 Å². The van der Waals surface area contributed by atoms with Crippen LogP contribution in [0.4, 0.5) is 0 Å². The number of hydrogen-bond donors (Lipinski definition) is 1. The molecule has 1 aromatic heterocycles. The molecule has 0 amide bonds. The molecule has 2 atom stereocenters. The van der Waals surface area contributed by atoms with E-state index in [-0.39, 0.29) is 0 Å². The molecule has 2 unspecified atom stereocenters. The van der Waals surface area contributed by atoms with Crippen molar-refractivity contribution in [3.05, 3.63) is 18.5 Å². The lowest BCUT2D eigenvalue weighted by atomic mass is 9.87. The summed E-state index contributed by atoms with van der Waals surface area (Å²) in [6.45, 7) is 0.859. The first kappa shape index (κ1) is 10.2. The molecule has 1 fully saturated rings. The van der Waals surface area contributed by atoms with Crippen molar-refractivity contribution >= 4 is 0 Å². The average molecular weight is 204 g/mol. The predicted octanol–water partition coefficient (Wildman–Crippen LogP) is 1.29. The second-order valence-corrected chi connectivity index (χ2v) is 4.30. The zero-order valence-electron chi connectivity index (χ0n) is 8.76. The van der Waals surface area contributed by atoms with Crippen LogP contribution in [0.25, 0.3) is 0 Å². The maximum Gasteiger partial charge on any atom is 0.107 e. The summed E-state index contributed by atoms with van der Waals surface area (Å²) in [5.41, 5.74) is 5.46. The van der Waals surface area contributed by atoms with Gasteiger partial charge in [-0.15, -0.1) is 0 Å². The third-order valence-corrected chi connectivity index (χ3v) is 3.35. The molecule has 1 heterocycles. The molecular formula is C11H16N4. The van der Waals surface area contributed by atoms with Crippen molar-refractivity contribution in [2.45, 2.75) is 37.8 Å². The van der Waals surface area contributed by atoms with Gasteiger partial charge in [0.1, 0.15) is 5.54 Å². The van der Waals surface area contributed by atoms with Gasteiger partial charge >= 0.3 is 0 Å². The van der Waals surface area contributed by atoms with Gasteiger partial charge in [-0.25, -0.2) is 0 Å². The summed E-state index contributed by atoms with van der Waals surface area (Å²) in [6.07, 6.45) is 7.66. The number of nitriles is 1. The highest BCUT2D eigenvalue weighted by molar-refractivity contribution is 5.11. The third kappa shape index (κ3) is 2.02. The Balaban J connectivity index is 1.93. The van der Waals surface area contributed by atoms with E-state index in [1.54, 1.807) is 6.20 Å². The number of hydrogen-bond acceptors (Lipinski definition) is 3. The first-order chi connectivity index (χ1) is 7.24. The molecule has 0 aromatic carbocycles. The minimum absolute atomic E-state index is 0.326. The molecule has 80 valence electrons. The monoisotopic (exact) mass is 204 g/mol. The largest absolute Gasteiger partial charge is 0.313 e. The fraction of sp³-hybridized carbons (Fsp3) is 0.636. The molecule has 1 aliphatic rings. The average Bonchev–Trinajstić information content (AvgIpc) is 2.85. The maximum absolute atomic E-state index is 9.06. The summed E-state index contributed by atoms with van der Waals surface area (Å²) in [5.74, 6) is 0.326. The standard InChI is InChI=1S/C11H16N4/c12-9-11(13)5-1-3-10(11)4-8-15-7-2-6-14-15/h2,6-7,10H,1,3-5,8,13H2. The van der Waals surface area contributed by atoms with Crippen LogP contribution in [0.5, 0.6) is 0 Å². The normalized spacial score (nSPS) is 30.3. The highest BCUT2D eigenvalue weighted by atomic mass is 15.3. The lowest BCUT2D eigenvalue weighted by molar-refractivity contribution is 0.346. The molecule has 15 heavy (non-hydrogen) atoms. The number of nitrogens with zero attached hydrogens (tertiary/aromatic N) is 3. The van der Waals surface area contributed by atoms with Gasteiger partial charge in [-0.3, -0.25) is 4.68 Å². The lowest BCUT2D eigenvalue weighted by Gasteiger charge is -2.23. The minimum Gasteiger partial charge on any atom is -0.313 e. The summed E-state index contributed by atoms with van der Waals surface area (Å²) < 4.78 is 1.90. The Labute approximate surface area is 89.7 Å². The molecule has 1 aliphatic carbocycles. The van der Waals surface area contributed by atoms with Crippen LogP contribution in [0.15, 0.2) is 18.5 Å². The predicted molar refractivity (Wildman–Crippen MR) is 56.7 cm³/mol.